The minimum Gasteiger partial charge on any atom is -0.331 e. The highest BCUT2D eigenvalue weighted by atomic mass is 16.2. The van der Waals surface area contributed by atoms with E-state index in [1.165, 1.54) is 0 Å². The maximum Gasteiger partial charge on any atom is 0.320 e. The molecule has 4 nitrogen and oxygen atoms in total. The van der Waals surface area contributed by atoms with Crippen molar-refractivity contribution in [2.24, 2.45) is 0 Å². The predicted molar refractivity (Wildman–Crippen MR) is 42.3 cm³/mol. The molecule has 1 heterocycles. The summed E-state index contributed by atoms with van der Waals surface area (Å²) in [6.45, 7) is 2.31. The van der Waals surface area contributed by atoms with Crippen LogP contribution in [-0.4, -0.2) is 49.7 Å². The van der Waals surface area contributed by atoms with Crippen LogP contribution in [-0.2, 0) is 0 Å². The lowest BCUT2D eigenvalue weighted by Crippen LogP contribution is -2.46. The second kappa shape index (κ2) is 3.57. The molecule has 0 N–H and O–H groups in total. The third-order valence-corrected chi connectivity index (χ3v) is 1.67. The van der Waals surface area contributed by atoms with Crippen molar-refractivity contribution in [3.05, 3.63) is 0 Å². The zero-order valence-electron chi connectivity index (χ0n) is 7.08. The molecule has 0 saturated carbocycles. The molecule has 0 aromatic heterocycles. The first-order chi connectivity index (χ1) is 5.22. The number of urea groups is 1. The third-order valence-electron chi connectivity index (χ3n) is 1.67. The molecule has 1 saturated heterocycles. The molecule has 0 atom stereocenters. The average molecular weight is 156 g/mol. The highest BCUT2D eigenvalue weighted by Crippen LogP contribution is 1.99. The monoisotopic (exact) mass is 156 g/mol. The van der Waals surface area contributed by atoms with Gasteiger partial charge >= 0.3 is 6.03 Å². The van der Waals surface area contributed by atoms with Crippen LogP contribution in [0.15, 0.2) is 0 Å². The van der Waals surface area contributed by atoms with E-state index in [2.05, 4.69) is 5.32 Å². The summed E-state index contributed by atoms with van der Waals surface area (Å²) >= 11 is 0. The summed E-state index contributed by atoms with van der Waals surface area (Å²) in [6.07, 6.45) is 1.000. The Morgan fingerprint density at radius 2 is 2.27 bits per heavy atom. The van der Waals surface area contributed by atoms with E-state index in [4.69, 9.17) is 0 Å². The van der Waals surface area contributed by atoms with Gasteiger partial charge in [-0.1, -0.05) is 0 Å². The molecule has 1 radical (unpaired) electrons. The third kappa shape index (κ3) is 2.08. The van der Waals surface area contributed by atoms with Gasteiger partial charge in [0.15, 0.2) is 0 Å². The van der Waals surface area contributed by atoms with Gasteiger partial charge in [0.25, 0.3) is 0 Å². The molecule has 11 heavy (non-hydrogen) atoms. The van der Waals surface area contributed by atoms with E-state index >= 15 is 0 Å². The van der Waals surface area contributed by atoms with Crippen molar-refractivity contribution in [1.29, 1.82) is 0 Å². The Labute approximate surface area is 67.2 Å². The van der Waals surface area contributed by atoms with E-state index in [9.17, 15) is 4.79 Å². The number of rotatable bonds is 0. The van der Waals surface area contributed by atoms with E-state index in [1.54, 1.807) is 23.9 Å². The first-order valence-corrected chi connectivity index (χ1v) is 3.81. The Hall–Kier alpha value is -0.770. The van der Waals surface area contributed by atoms with Crippen LogP contribution in [0.25, 0.3) is 0 Å². The van der Waals surface area contributed by atoms with Gasteiger partial charge in [0.05, 0.1) is 6.67 Å². The van der Waals surface area contributed by atoms with Crippen LogP contribution < -0.4 is 5.32 Å². The second-order valence-corrected chi connectivity index (χ2v) is 2.88. The van der Waals surface area contributed by atoms with Crippen molar-refractivity contribution in [2.75, 3.05) is 33.9 Å². The van der Waals surface area contributed by atoms with Crippen molar-refractivity contribution >= 4 is 6.03 Å². The maximum absolute atomic E-state index is 11.3. The lowest BCUT2D eigenvalue weighted by Gasteiger charge is -2.28. The Morgan fingerprint density at radius 1 is 1.55 bits per heavy atom. The number of carbonyl (C=O) groups is 1. The smallest absolute Gasteiger partial charge is 0.320 e. The fourth-order valence-corrected chi connectivity index (χ4v) is 1.07. The van der Waals surface area contributed by atoms with Crippen LogP contribution in [0.2, 0.25) is 0 Å². The van der Waals surface area contributed by atoms with Gasteiger partial charge in [-0.15, -0.1) is 0 Å². The summed E-state index contributed by atoms with van der Waals surface area (Å²) in [7, 11) is 3.52. The van der Waals surface area contributed by atoms with Gasteiger partial charge in [0, 0.05) is 27.2 Å². The molecule has 1 aliphatic rings. The Balaban J connectivity index is 2.39. The molecule has 0 spiro atoms. The minimum absolute atomic E-state index is 0.0634. The van der Waals surface area contributed by atoms with Crippen molar-refractivity contribution in [1.82, 2.24) is 15.1 Å². The molecule has 0 aromatic rings. The van der Waals surface area contributed by atoms with Gasteiger partial charge in [0.1, 0.15) is 0 Å². The Morgan fingerprint density at radius 3 is 2.73 bits per heavy atom. The van der Waals surface area contributed by atoms with Crippen molar-refractivity contribution in [3.63, 3.8) is 0 Å². The normalized spacial score (nSPS) is 18.2. The summed E-state index contributed by atoms with van der Waals surface area (Å²) in [5.74, 6) is 0. The summed E-state index contributed by atoms with van der Waals surface area (Å²) in [5, 5.41) is 4.14. The molecule has 1 rings (SSSR count). The molecule has 63 valence electrons. The largest absolute Gasteiger partial charge is 0.331 e. The Kier molecular flexibility index (Phi) is 2.70. The SMILES string of the molecule is CN(C)C(=O)N1CCC[N]C1. The molecule has 4 heteroatoms. The van der Waals surface area contributed by atoms with Crippen LogP contribution in [0.5, 0.6) is 0 Å². The lowest BCUT2D eigenvalue weighted by molar-refractivity contribution is 0.156. The molecular formula is C7H14N3O. The summed E-state index contributed by atoms with van der Waals surface area (Å²) in [6, 6.07) is 0.0634. The number of nitrogens with zero attached hydrogens (tertiary/aromatic N) is 3. The molecular weight excluding hydrogens is 142 g/mol. The van der Waals surface area contributed by atoms with E-state index in [0.717, 1.165) is 19.5 Å². The zero-order chi connectivity index (χ0) is 8.27. The molecule has 2 amide bonds. The summed E-state index contributed by atoms with van der Waals surface area (Å²) in [5.41, 5.74) is 0. The number of carbonyl (C=O) groups excluding carboxylic acids is 1. The van der Waals surface area contributed by atoms with Crippen LogP contribution in [0, 0.1) is 0 Å². The topological polar surface area (TPSA) is 37.7 Å². The highest BCUT2D eigenvalue weighted by molar-refractivity contribution is 5.73. The van der Waals surface area contributed by atoms with E-state index in [0.29, 0.717) is 6.67 Å². The highest BCUT2D eigenvalue weighted by Gasteiger charge is 2.17. The van der Waals surface area contributed by atoms with Crippen molar-refractivity contribution in [2.45, 2.75) is 6.42 Å². The molecule has 0 unspecified atom stereocenters. The average Bonchev–Trinajstić information content (AvgIpc) is 2.05. The first-order valence-electron chi connectivity index (χ1n) is 3.81. The lowest BCUT2D eigenvalue weighted by atomic mass is 10.3. The van der Waals surface area contributed by atoms with Gasteiger partial charge in [-0.3, -0.25) is 0 Å². The molecule has 1 aliphatic heterocycles. The molecule has 0 bridgehead atoms. The van der Waals surface area contributed by atoms with Crippen LogP contribution in [0.1, 0.15) is 6.42 Å². The summed E-state index contributed by atoms with van der Waals surface area (Å²) < 4.78 is 0. The van der Waals surface area contributed by atoms with Gasteiger partial charge < -0.3 is 9.80 Å². The van der Waals surface area contributed by atoms with Crippen molar-refractivity contribution < 1.29 is 4.79 Å². The second-order valence-electron chi connectivity index (χ2n) is 2.88. The maximum atomic E-state index is 11.3. The predicted octanol–water partition coefficient (Wildman–Crippen LogP) is -0.0644. The zero-order valence-corrected chi connectivity index (χ0v) is 7.08. The van der Waals surface area contributed by atoms with Crippen LogP contribution >= 0.6 is 0 Å². The first kappa shape index (κ1) is 8.33. The fraction of sp³-hybridized carbons (Fsp3) is 0.857. The fourth-order valence-electron chi connectivity index (χ4n) is 1.07. The van der Waals surface area contributed by atoms with E-state index in [-0.39, 0.29) is 6.03 Å². The van der Waals surface area contributed by atoms with Gasteiger partial charge in [-0.05, 0) is 6.42 Å². The van der Waals surface area contributed by atoms with E-state index in [1.807, 2.05) is 0 Å². The molecule has 1 fully saturated rings. The van der Waals surface area contributed by atoms with Crippen molar-refractivity contribution in [3.8, 4) is 0 Å². The standard InChI is InChI=1S/C7H14N3O/c1-9(2)7(11)10-5-3-4-8-6-10/h3-6H2,1-2H3. The van der Waals surface area contributed by atoms with Gasteiger partial charge in [-0.25, -0.2) is 10.1 Å². The van der Waals surface area contributed by atoms with Crippen LogP contribution in [0.4, 0.5) is 4.79 Å². The molecule has 0 aromatic carbocycles. The number of amides is 2. The van der Waals surface area contributed by atoms with E-state index < -0.39 is 0 Å². The van der Waals surface area contributed by atoms with Gasteiger partial charge in [0.2, 0.25) is 0 Å². The summed E-state index contributed by atoms with van der Waals surface area (Å²) in [4.78, 5) is 14.6. The molecule has 0 aliphatic carbocycles. The Bertz CT molecular complexity index is 141. The number of hydrogen-bond donors (Lipinski definition) is 0. The minimum atomic E-state index is 0.0634. The van der Waals surface area contributed by atoms with Crippen LogP contribution in [0.3, 0.4) is 0 Å². The van der Waals surface area contributed by atoms with Gasteiger partial charge in [-0.2, -0.15) is 0 Å². The quantitative estimate of drug-likeness (QED) is 0.484. The number of hydrogen-bond acceptors (Lipinski definition) is 1.